The van der Waals surface area contributed by atoms with Gasteiger partial charge in [0, 0.05) is 20.4 Å². The Morgan fingerprint density at radius 1 is 1.04 bits per heavy atom. The standard InChI is InChI=1S/C21H13BrIN3O/c22-15-4-7-17(8-5-15)26-20(10-3-14-2-1-11-24-13-14)25-19-9-6-16(23)12-18(19)21(26)27/h1-13H/b10-3+. The average Bonchev–Trinajstić information content (AvgIpc) is 2.69. The molecule has 0 aliphatic heterocycles. The van der Waals surface area contributed by atoms with Crippen LogP contribution >= 0.6 is 38.5 Å². The number of pyridine rings is 1. The number of nitrogens with zero attached hydrogens (tertiary/aromatic N) is 3. The number of rotatable bonds is 3. The smallest absolute Gasteiger partial charge is 0.266 e. The summed E-state index contributed by atoms with van der Waals surface area (Å²) >= 11 is 5.65. The summed E-state index contributed by atoms with van der Waals surface area (Å²) in [5, 5.41) is 0.600. The van der Waals surface area contributed by atoms with E-state index in [2.05, 4.69) is 43.5 Å². The highest BCUT2D eigenvalue weighted by Gasteiger charge is 2.11. The fourth-order valence-corrected chi connectivity index (χ4v) is 3.53. The Morgan fingerprint density at radius 2 is 1.85 bits per heavy atom. The maximum absolute atomic E-state index is 13.3. The van der Waals surface area contributed by atoms with Crippen molar-refractivity contribution in [1.82, 2.24) is 14.5 Å². The van der Waals surface area contributed by atoms with Crippen LogP contribution in [0.4, 0.5) is 0 Å². The molecule has 132 valence electrons. The van der Waals surface area contributed by atoms with Crippen LogP contribution in [0.2, 0.25) is 0 Å². The van der Waals surface area contributed by atoms with Crippen molar-refractivity contribution in [3.8, 4) is 5.69 Å². The SMILES string of the molecule is O=c1c2cc(I)ccc2nc(/C=C/c2cccnc2)n1-c1ccc(Br)cc1. The second kappa shape index (κ2) is 7.74. The number of hydrogen-bond acceptors (Lipinski definition) is 3. The van der Waals surface area contributed by atoms with E-state index in [1.807, 2.05) is 66.7 Å². The lowest BCUT2D eigenvalue weighted by Crippen LogP contribution is -2.22. The summed E-state index contributed by atoms with van der Waals surface area (Å²) < 4.78 is 3.59. The van der Waals surface area contributed by atoms with Gasteiger partial charge in [0.15, 0.2) is 0 Å². The van der Waals surface area contributed by atoms with Crippen molar-refractivity contribution in [3.05, 3.63) is 96.8 Å². The highest BCUT2D eigenvalue weighted by molar-refractivity contribution is 14.1. The third-order valence-electron chi connectivity index (χ3n) is 4.05. The first-order chi connectivity index (χ1) is 13.1. The van der Waals surface area contributed by atoms with Crippen LogP contribution < -0.4 is 5.56 Å². The molecule has 0 unspecified atom stereocenters. The molecule has 4 rings (SSSR count). The van der Waals surface area contributed by atoms with Gasteiger partial charge in [0.25, 0.3) is 5.56 Å². The van der Waals surface area contributed by atoms with Crippen LogP contribution in [-0.2, 0) is 0 Å². The third-order valence-corrected chi connectivity index (χ3v) is 5.25. The van der Waals surface area contributed by atoms with E-state index in [9.17, 15) is 4.79 Å². The highest BCUT2D eigenvalue weighted by atomic mass is 127. The van der Waals surface area contributed by atoms with Gasteiger partial charge in [-0.2, -0.15) is 0 Å². The topological polar surface area (TPSA) is 47.8 Å². The van der Waals surface area contributed by atoms with Gasteiger partial charge in [-0.3, -0.25) is 14.3 Å². The highest BCUT2D eigenvalue weighted by Crippen LogP contribution is 2.19. The van der Waals surface area contributed by atoms with Gasteiger partial charge in [0.1, 0.15) is 5.82 Å². The van der Waals surface area contributed by atoms with E-state index in [-0.39, 0.29) is 5.56 Å². The summed E-state index contributed by atoms with van der Waals surface area (Å²) in [4.78, 5) is 22.1. The predicted octanol–water partition coefficient (Wildman–Crippen LogP) is 5.32. The molecule has 0 N–H and O–H groups in total. The van der Waals surface area contributed by atoms with Crippen molar-refractivity contribution in [1.29, 1.82) is 0 Å². The van der Waals surface area contributed by atoms with Gasteiger partial charge in [-0.25, -0.2) is 4.98 Å². The molecule has 27 heavy (non-hydrogen) atoms. The fourth-order valence-electron chi connectivity index (χ4n) is 2.77. The molecule has 4 nitrogen and oxygen atoms in total. The monoisotopic (exact) mass is 529 g/mol. The molecule has 2 heterocycles. The number of fused-ring (bicyclic) bond motifs is 1. The van der Waals surface area contributed by atoms with Gasteiger partial charge >= 0.3 is 0 Å². The third kappa shape index (κ3) is 3.86. The minimum absolute atomic E-state index is 0.0910. The Bertz CT molecular complexity index is 1200. The van der Waals surface area contributed by atoms with E-state index in [4.69, 9.17) is 4.98 Å². The van der Waals surface area contributed by atoms with Crippen molar-refractivity contribution in [2.45, 2.75) is 0 Å². The molecule has 0 spiro atoms. The lowest BCUT2D eigenvalue weighted by molar-refractivity contribution is 0.943. The number of hydrogen-bond donors (Lipinski definition) is 0. The molecule has 0 amide bonds. The molecule has 2 aromatic heterocycles. The van der Waals surface area contributed by atoms with Crippen LogP contribution in [0.25, 0.3) is 28.7 Å². The Hall–Kier alpha value is -2.32. The molecule has 6 heteroatoms. The van der Waals surface area contributed by atoms with E-state index < -0.39 is 0 Å². The summed E-state index contributed by atoms with van der Waals surface area (Å²) in [7, 11) is 0. The van der Waals surface area contributed by atoms with Gasteiger partial charge < -0.3 is 0 Å². The molecule has 0 aliphatic rings. The zero-order valence-electron chi connectivity index (χ0n) is 14.0. The van der Waals surface area contributed by atoms with E-state index in [1.54, 1.807) is 17.0 Å². The quantitative estimate of drug-likeness (QED) is 0.337. The maximum Gasteiger partial charge on any atom is 0.266 e. The van der Waals surface area contributed by atoms with Crippen LogP contribution in [0.1, 0.15) is 11.4 Å². The van der Waals surface area contributed by atoms with Crippen LogP contribution in [0.3, 0.4) is 0 Å². The second-order valence-corrected chi connectivity index (χ2v) is 8.03. The van der Waals surface area contributed by atoms with Crippen molar-refractivity contribution in [2.24, 2.45) is 0 Å². The van der Waals surface area contributed by atoms with Crippen LogP contribution in [0.5, 0.6) is 0 Å². The number of aromatic nitrogens is 3. The molecule has 0 bridgehead atoms. The number of halogens is 2. The van der Waals surface area contributed by atoms with Crippen LogP contribution in [0, 0.1) is 3.57 Å². The van der Waals surface area contributed by atoms with Crippen LogP contribution in [0.15, 0.2) is 76.3 Å². The van der Waals surface area contributed by atoms with Crippen LogP contribution in [-0.4, -0.2) is 14.5 Å². The second-order valence-electron chi connectivity index (χ2n) is 5.87. The largest absolute Gasteiger partial charge is 0.268 e. The average molecular weight is 530 g/mol. The molecule has 4 aromatic rings. The fraction of sp³-hybridized carbons (Fsp3) is 0. The first-order valence-corrected chi connectivity index (χ1v) is 10.1. The zero-order valence-corrected chi connectivity index (χ0v) is 17.8. The Balaban J connectivity index is 1.96. The van der Waals surface area contributed by atoms with Gasteiger partial charge in [-0.15, -0.1) is 0 Å². The summed E-state index contributed by atoms with van der Waals surface area (Å²) in [5.41, 5.74) is 2.30. The number of benzene rings is 2. The minimum atomic E-state index is -0.0910. The summed E-state index contributed by atoms with van der Waals surface area (Å²) in [6.07, 6.45) is 7.24. The summed E-state index contributed by atoms with van der Waals surface area (Å²) in [6.45, 7) is 0. The van der Waals surface area contributed by atoms with Gasteiger partial charge in [-0.1, -0.05) is 22.0 Å². The molecule has 0 aliphatic carbocycles. The van der Waals surface area contributed by atoms with Gasteiger partial charge in [-0.05, 0) is 88.8 Å². The van der Waals surface area contributed by atoms with Gasteiger partial charge in [0.2, 0.25) is 0 Å². The van der Waals surface area contributed by atoms with Crippen molar-refractivity contribution >= 4 is 61.6 Å². The van der Waals surface area contributed by atoms with E-state index in [0.717, 1.165) is 19.3 Å². The van der Waals surface area contributed by atoms with E-state index in [0.29, 0.717) is 16.7 Å². The van der Waals surface area contributed by atoms with Crippen molar-refractivity contribution in [3.63, 3.8) is 0 Å². The van der Waals surface area contributed by atoms with Gasteiger partial charge in [0.05, 0.1) is 16.6 Å². The lowest BCUT2D eigenvalue weighted by atomic mass is 10.2. The first-order valence-electron chi connectivity index (χ1n) is 8.18. The molecular formula is C21H13BrIN3O. The molecule has 2 aromatic carbocycles. The van der Waals surface area contributed by atoms with Crippen molar-refractivity contribution < 1.29 is 0 Å². The molecular weight excluding hydrogens is 517 g/mol. The Morgan fingerprint density at radius 3 is 2.59 bits per heavy atom. The molecule has 0 atom stereocenters. The normalized spacial score (nSPS) is 11.3. The summed E-state index contributed by atoms with van der Waals surface area (Å²) in [6, 6.07) is 17.1. The molecule has 0 saturated heterocycles. The van der Waals surface area contributed by atoms with E-state index >= 15 is 0 Å². The lowest BCUT2D eigenvalue weighted by Gasteiger charge is -2.12. The molecule has 0 saturated carbocycles. The minimum Gasteiger partial charge on any atom is -0.268 e. The zero-order chi connectivity index (χ0) is 18.8. The first kappa shape index (κ1) is 18.1. The molecule has 0 fully saturated rings. The van der Waals surface area contributed by atoms with Crippen molar-refractivity contribution in [2.75, 3.05) is 0 Å². The predicted molar refractivity (Wildman–Crippen MR) is 121 cm³/mol. The maximum atomic E-state index is 13.3. The molecule has 0 radical (unpaired) electrons. The Labute approximate surface area is 177 Å². The summed E-state index contributed by atoms with van der Waals surface area (Å²) in [5.74, 6) is 0.569. The Kier molecular flexibility index (Phi) is 5.18. The van der Waals surface area contributed by atoms with E-state index in [1.165, 1.54) is 0 Å².